The van der Waals surface area contributed by atoms with Crippen LogP contribution in [0.25, 0.3) is 0 Å². The number of nitrogens with two attached hydrogens (primary N) is 1. The maximum atomic E-state index is 5.62. The summed E-state index contributed by atoms with van der Waals surface area (Å²) in [5, 5.41) is 3.04. The van der Waals surface area contributed by atoms with Crippen molar-refractivity contribution in [3.8, 4) is 0 Å². The predicted molar refractivity (Wildman–Crippen MR) is 58.2 cm³/mol. The average molecular weight is 181 g/mol. The van der Waals surface area contributed by atoms with Crippen molar-refractivity contribution in [1.29, 1.82) is 0 Å². The Bertz CT molecular complexity index is 224. The van der Waals surface area contributed by atoms with Gasteiger partial charge in [-0.25, -0.2) is 4.99 Å². The largest absolute Gasteiger partial charge is 0.387 e. The third-order valence-corrected chi connectivity index (χ3v) is 1.63. The molecule has 13 heavy (non-hydrogen) atoms. The molecule has 0 aromatic rings. The molecule has 3 nitrogen and oxygen atoms in total. The molecule has 0 aliphatic heterocycles. The van der Waals surface area contributed by atoms with Crippen molar-refractivity contribution in [2.45, 2.75) is 27.7 Å². The van der Waals surface area contributed by atoms with Crippen LogP contribution in [0.3, 0.4) is 0 Å². The lowest BCUT2D eigenvalue weighted by atomic mass is 10.2. The van der Waals surface area contributed by atoms with Gasteiger partial charge in [0.05, 0.1) is 0 Å². The third-order valence-electron chi connectivity index (χ3n) is 1.63. The molecular formula is C10H19N3. The van der Waals surface area contributed by atoms with E-state index >= 15 is 0 Å². The maximum absolute atomic E-state index is 5.62. The van der Waals surface area contributed by atoms with Gasteiger partial charge in [-0.1, -0.05) is 19.9 Å². The molecule has 3 heteroatoms. The quantitative estimate of drug-likeness (QED) is 0.514. The molecule has 0 aromatic heterocycles. The number of hydrogen-bond donors (Lipinski definition) is 2. The molecule has 0 saturated carbocycles. The second-order valence-electron chi connectivity index (χ2n) is 3.14. The lowest BCUT2D eigenvalue weighted by Gasteiger charge is -2.01. The van der Waals surface area contributed by atoms with E-state index in [1.54, 1.807) is 12.4 Å². The Morgan fingerprint density at radius 1 is 1.46 bits per heavy atom. The first-order valence-electron chi connectivity index (χ1n) is 4.45. The highest BCUT2D eigenvalue weighted by Gasteiger charge is 1.95. The minimum atomic E-state index is 0.299. The standard InChI is InChI=1S/C10H19N3/c1-5-9(4)12-6-7-13-10(11)8(2)3/h5-8,12H,1-4H3,(H2,11,13)/b7-6-,9-5-. The van der Waals surface area contributed by atoms with Crippen molar-refractivity contribution in [2.75, 3.05) is 0 Å². The molecule has 0 atom stereocenters. The summed E-state index contributed by atoms with van der Waals surface area (Å²) in [5.74, 6) is 0.948. The fourth-order valence-electron chi connectivity index (χ4n) is 0.524. The fraction of sp³-hybridized carbons (Fsp3) is 0.500. The van der Waals surface area contributed by atoms with Gasteiger partial charge in [0.2, 0.25) is 0 Å². The van der Waals surface area contributed by atoms with Crippen LogP contribution >= 0.6 is 0 Å². The lowest BCUT2D eigenvalue weighted by molar-refractivity contribution is 0.872. The first kappa shape index (κ1) is 11.8. The van der Waals surface area contributed by atoms with Crippen molar-refractivity contribution in [2.24, 2.45) is 16.6 Å². The Morgan fingerprint density at radius 2 is 2.08 bits per heavy atom. The van der Waals surface area contributed by atoms with Crippen LogP contribution in [0.5, 0.6) is 0 Å². The average Bonchev–Trinajstić information content (AvgIpc) is 2.11. The molecule has 0 rings (SSSR count). The smallest absolute Gasteiger partial charge is 0.101 e. The van der Waals surface area contributed by atoms with Gasteiger partial charge in [-0.2, -0.15) is 0 Å². The van der Waals surface area contributed by atoms with Gasteiger partial charge in [-0.05, 0) is 13.8 Å². The SMILES string of the molecule is C/C=C(/C)N/C=C\N=C(N)C(C)C. The highest BCUT2D eigenvalue weighted by molar-refractivity contribution is 5.82. The van der Waals surface area contributed by atoms with E-state index in [0.717, 1.165) is 5.70 Å². The van der Waals surface area contributed by atoms with Gasteiger partial charge in [0.25, 0.3) is 0 Å². The Kier molecular flexibility index (Phi) is 5.68. The third kappa shape index (κ3) is 5.96. The summed E-state index contributed by atoms with van der Waals surface area (Å²) in [6.07, 6.45) is 5.42. The molecule has 3 N–H and O–H groups in total. The molecule has 0 aromatic carbocycles. The van der Waals surface area contributed by atoms with Crippen LogP contribution in [0.1, 0.15) is 27.7 Å². The molecule has 0 aliphatic carbocycles. The first-order chi connectivity index (χ1) is 6.07. The van der Waals surface area contributed by atoms with Crippen molar-refractivity contribution in [1.82, 2.24) is 5.32 Å². The van der Waals surface area contributed by atoms with E-state index in [0.29, 0.717) is 11.8 Å². The highest BCUT2D eigenvalue weighted by atomic mass is 14.9. The molecule has 0 bridgehead atoms. The molecule has 0 saturated heterocycles. The van der Waals surface area contributed by atoms with E-state index in [9.17, 15) is 0 Å². The normalized spacial score (nSPS) is 14.2. The van der Waals surface area contributed by atoms with E-state index in [4.69, 9.17) is 5.73 Å². The van der Waals surface area contributed by atoms with E-state index in [-0.39, 0.29) is 0 Å². The van der Waals surface area contributed by atoms with Crippen LogP contribution in [0.2, 0.25) is 0 Å². The van der Waals surface area contributed by atoms with Gasteiger partial charge in [-0.3, -0.25) is 0 Å². The topological polar surface area (TPSA) is 50.4 Å². The second kappa shape index (κ2) is 6.29. The minimum absolute atomic E-state index is 0.299. The number of rotatable bonds is 4. The molecular weight excluding hydrogens is 162 g/mol. The summed E-state index contributed by atoms with van der Waals surface area (Å²) in [5.41, 5.74) is 6.71. The van der Waals surface area contributed by atoms with E-state index in [1.807, 2.05) is 33.8 Å². The summed E-state index contributed by atoms with van der Waals surface area (Å²) in [4.78, 5) is 4.05. The Morgan fingerprint density at radius 3 is 2.54 bits per heavy atom. The van der Waals surface area contributed by atoms with Gasteiger partial charge >= 0.3 is 0 Å². The number of allylic oxidation sites excluding steroid dienone is 2. The van der Waals surface area contributed by atoms with Gasteiger partial charge in [0.15, 0.2) is 0 Å². The maximum Gasteiger partial charge on any atom is 0.101 e. The summed E-state index contributed by atoms with van der Waals surface area (Å²) in [7, 11) is 0. The lowest BCUT2D eigenvalue weighted by Crippen LogP contribution is -2.18. The predicted octanol–water partition coefficient (Wildman–Crippen LogP) is 1.98. The van der Waals surface area contributed by atoms with Gasteiger partial charge in [0, 0.05) is 24.0 Å². The summed E-state index contributed by atoms with van der Waals surface area (Å²) < 4.78 is 0. The monoisotopic (exact) mass is 181 g/mol. The van der Waals surface area contributed by atoms with Gasteiger partial charge in [0.1, 0.15) is 5.84 Å². The Balaban J connectivity index is 3.94. The van der Waals surface area contributed by atoms with Crippen molar-refractivity contribution < 1.29 is 0 Å². The van der Waals surface area contributed by atoms with Crippen LogP contribution in [0.15, 0.2) is 29.2 Å². The number of nitrogens with zero attached hydrogens (tertiary/aromatic N) is 1. The van der Waals surface area contributed by atoms with Crippen molar-refractivity contribution in [3.05, 3.63) is 24.2 Å². The molecule has 0 fully saturated rings. The molecule has 74 valence electrons. The van der Waals surface area contributed by atoms with Crippen LogP contribution < -0.4 is 11.1 Å². The Labute approximate surface area is 80.4 Å². The van der Waals surface area contributed by atoms with E-state index in [2.05, 4.69) is 10.3 Å². The molecule has 0 amide bonds. The molecule has 0 unspecified atom stereocenters. The summed E-state index contributed by atoms with van der Waals surface area (Å²) >= 11 is 0. The van der Waals surface area contributed by atoms with Crippen LogP contribution in [-0.2, 0) is 0 Å². The van der Waals surface area contributed by atoms with Gasteiger partial charge in [-0.15, -0.1) is 0 Å². The van der Waals surface area contributed by atoms with Crippen LogP contribution in [-0.4, -0.2) is 5.84 Å². The Hall–Kier alpha value is -1.25. The summed E-state index contributed by atoms with van der Waals surface area (Å²) in [6.45, 7) is 7.98. The van der Waals surface area contributed by atoms with E-state index in [1.165, 1.54) is 0 Å². The molecule has 0 heterocycles. The summed E-state index contributed by atoms with van der Waals surface area (Å²) in [6, 6.07) is 0. The fourth-order valence-corrected chi connectivity index (χ4v) is 0.524. The second-order valence-corrected chi connectivity index (χ2v) is 3.14. The highest BCUT2D eigenvalue weighted by Crippen LogP contribution is 1.91. The molecule has 0 spiro atoms. The zero-order chi connectivity index (χ0) is 10.3. The minimum Gasteiger partial charge on any atom is -0.387 e. The molecule has 0 aliphatic rings. The van der Waals surface area contributed by atoms with Crippen LogP contribution in [0, 0.1) is 5.92 Å². The van der Waals surface area contributed by atoms with Crippen LogP contribution in [0.4, 0.5) is 0 Å². The zero-order valence-corrected chi connectivity index (χ0v) is 8.83. The number of nitrogens with one attached hydrogen (secondary N) is 1. The number of hydrogen-bond acceptors (Lipinski definition) is 2. The van der Waals surface area contributed by atoms with Crippen molar-refractivity contribution in [3.63, 3.8) is 0 Å². The first-order valence-corrected chi connectivity index (χ1v) is 4.45. The van der Waals surface area contributed by atoms with E-state index < -0.39 is 0 Å². The van der Waals surface area contributed by atoms with Gasteiger partial charge < -0.3 is 11.1 Å². The number of amidine groups is 1. The zero-order valence-electron chi connectivity index (χ0n) is 8.83. The van der Waals surface area contributed by atoms with Crippen molar-refractivity contribution >= 4 is 5.84 Å². The molecule has 0 radical (unpaired) electrons. The number of aliphatic imine (C=N–C) groups is 1.